The first-order valence-electron chi connectivity index (χ1n) is 8.00. The molecule has 0 bridgehead atoms. The van der Waals surface area contributed by atoms with Crippen LogP contribution in [-0.2, 0) is 10.0 Å². The second kappa shape index (κ2) is 7.31. The second-order valence-electron chi connectivity index (χ2n) is 6.04. The smallest absolute Gasteiger partial charge is 0.240 e. The number of rotatable bonds is 6. The zero-order valence-corrected chi connectivity index (χ0v) is 15.2. The Labute approximate surface area is 146 Å². The van der Waals surface area contributed by atoms with Crippen LogP contribution in [0.1, 0.15) is 29.3 Å². The maximum Gasteiger partial charge on any atom is 0.240 e. The van der Waals surface area contributed by atoms with E-state index in [2.05, 4.69) is 9.62 Å². The van der Waals surface area contributed by atoms with Gasteiger partial charge in [-0.05, 0) is 62.0 Å². The van der Waals surface area contributed by atoms with Crippen LogP contribution >= 0.6 is 11.3 Å². The molecule has 1 aliphatic rings. The molecule has 24 heavy (non-hydrogen) atoms. The van der Waals surface area contributed by atoms with E-state index in [-0.39, 0.29) is 10.9 Å². The van der Waals surface area contributed by atoms with E-state index in [4.69, 9.17) is 0 Å². The number of sulfonamides is 1. The van der Waals surface area contributed by atoms with Crippen LogP contribution in [0.15, 0.2) is 40.6 Å². The zero-order valence-electron chi connectivity index (χ0n) is 13.5. The van der Waals surface area contributed by atoms with Crippen molar-refractivity contribution in [3.8, 4) is 0 Å². The summed E-state index contributed by atoms with van der Waals surface area (Å²) in [6, 6.07) is 7.88. The summed E-state index contributed by atoms with van der Waals surface area (Å²) in [4.78, 5) is 3.47. The summed E-state index contributed by atoms with van der Waals surface area (Å²) < 4.78 is 41.3. The molecule has 0 amide bonds. The maximum absolute atomic E-state index is 13.4. The van der Waals surface area contributed by atoms with Gasteiger partial charge in [0.1, 0.15) is 5.82 Å². The predicted octanol–water partition coefficient (Wildman–Crippen LogP) is 3.31. The minimum Gasteiger partial charge on any atom is -0.294 e. The van der Waals surface area contributed by atoms with Crippen LogP contribution < -0.4 is 4.72 Å². The summed E-state index contributed by atoms with van der Waals surface area (Å²) in [5.41, 5.74) is 0.540. The van der Waals surface area contributed by atoms with Gasteiger partial charge in [-0.2, -0.15) is 0 Å². The number of hydrogen-bond donors (Lipinski definition) is 1. The first kappa shape index (κ1) is 17.5. The number of halogens is 1. The zero-order chi connectivity index (χ0) is 17.2. The number of nitrogens with one attached hydrogen (secondary N) is 1. The minimum atomic E-state index is -3.74. The van der Waals surface area contributed by atoms with Gasteiger partial charge in [0.05, 0.1) is 10.9 Å². The summed E-state index contributed by atoms with van der Waals surface area (Å²) >= 11 is 1.63. The molecule has 1 fully saturated rings. The summed E-state index contributed by atoms with van der Waals surface area (Å²) in [5.74, 6) is -0.546. The molecule has 1 unspecified atom stereocenters. The number of likely N-dealkylation sites (tertiary alicyclic amines) is 1. The Balaban J connectivity index is 1.79. The van der Waals surface area contributed by atoms with Gasteiger partial charge in [0.2, 0.25) is 10.0 Å². The van der Waals surface area contributed by atoms with Gasteiger partial charge in [0.15, 0.2) is 0 Å². The molecule has 0 spiro atoms. The van der Waals surface area contributed by atoms with Crippen LogP contribution in [0.2, 0.25) is 0 Å². The number of thiophene rings is 1. The minimum absolute atomic E-state index is 0.00820. The first-order chi connectivity index (χ1) is 11.5. The van der Waals surface area contributed by atoms with Crippen molar-refractivity contribution < 1.29 is 12.8 Å². The van der Waals surface area contributed by atoms with E-state index in [0.717, 1.165) is 36.9 Å². The Kier molecular flexibility index (Phi) is 5.34. The van der Waals surface area contributed by atoms with Gasteiger partial charge in [-0.1, -0.05) is 12.1 Å². The molecule has 4 nitrogen and oxygen atoms in total. The van der Waals surface area contributed by atoms with E-state index in [0.29, 0.717) is 12.1 Å². The number of benzene rings is 1. The van der Waals surface area contributed by atoms with Gasteiger partial charge in [-0.25, -0.2) is 17.5 Å². The van der Waals surface area contributed by atoms with Crippen molar-refractivity contribution >= 4 is 21.4 Å². The van der Waals surface area contributed by atoms with Gasteiger partial charge >= 0.3 is 0 Å². The third kappa shape index (κ3) is 3.85. The molecule has 1 saturated heterocycles. The maximum atomic E-state index is 13.4. The van der Waals surface area contributed by atoms with E-state index in [1.54, 1.807) is 18.3 Å². The lowest BCUT2D eigenvalue weighted by atomic mass is 10.2. The summed E-state index contributed by atoms with van der Waals surface area (Å²) in [5, 5.41) is 2.00. The van der Waals surface area contributed by atoms with Crippen molar-refractivity contribution in [2.24, 2.45) is 0 Å². The van der Waals surface area contributed by atoms with E-state index >= 15 is 0 Å². The average Bonchev–Trinajstić information content (AvgIpc) is 3.23. The summed E-state index contributed by atoms with van der Waals surface area (Å²) in [7, 11) is -3.74. The van der Waals surface area contributed by atoms with Crippen molar-refractivity contribution in [3.05, 3.63) is 52.0 Å². The van der Waals surface area contributed by atoms with E-state index in [9.17, 15) is 12.8 Å². The van der Waals surface area contributed by atoms with Crippen LogP contribution in [-0.4, -0.2) is 33.0 Å². The molecule has 1 atom stereocenters. The van der Waals surface area contributed by atoms with Gasteiger partial charge in [0, 0.05) is 11.4 Å². The molecule has 0 radical (unpaired) electrons. The highest BCUT2D eigenvalue weighted by atomic mass is 32.2. The third-order valence-corrected chi connectivity index (χ3v) is 6.90. The first-order valence-corrected chi connectivity index (χ1v) is 10.4. The molecular weight excluding hydrogens is 347 g/mol. The van der Waals surface area contributed by atoms with Crippen LogP contribution in [0.5, 0.6) is 0 Å². The number of nitrogens with zero attached hydrogens (tertiary/aromatic N) is 1. The average molecular weight is 368 g/mol. The molecule has 1 N–H and O–H groups in total. The molecule has 1 aromatic carbocycles. The van der Waals surface area contributed by atoms with Crippen LogP contribution in [0.3, 0.4) is 0 Å². The van der Waals surface area contributed by atoms with Gasteiger partial charge in [-0.3, -0.25) is 4.90 Å². The Morgan fingerprint density at radius 2 is 2.04 bits per heavy atom. The Hall–Kier alpha value is -1.28. The van der Waals surface area contributed by atoms with Crippen LogP contribution in [0.25, 0.3) is 0 Å². The largest absolute Gasteiger partial charge is 0.294 e. The highest BCUT2D eigenvalue weighted by Crippen LogP contribution is 2.28. The van der Waals surface area contributed by atoms with Crippen LogP contribution in [0, 0.1) is 12.7 Å². The molecule has 7 heteroatoms. The second-order valence-corrected chi connectivity index (χ2v) is 8.75. The predicted molar refractivity (Wildman–Crippen MR) is 94.2 cm³/mol. The van der Waals surface area contributed by atoms with Crippen LogP contribution in [0.4, 0.5) is 4.39 Å². The molecule has 3 rings (SSSR count). The fourth-order valence-electron chi connectivity index (χ4n) is 3.07. The number of aryl methyl sites for hydroxylation is 1. The Morgan fingerprint density at radius 3 is 2.71 bits per heavy atom. The highest BCUT2D eigenvalue weighted by Gasteiger charge is 2.27. The number of hydrogen-bond acceptors (Lipinski definition) is 4. The van der Waals surface area contributed by atoms with Crippen molar-refractivity contribution in [3.63, 3.8) is 0 Å². The van der Waals surface area contributed by atoms with Crippen molar-refractivity contribution in [2.45, 2.75) is 30.7 Å². The monoisotopic (exact) mass is 368 g/mol. The Bertz CT molecular complexity index is 785. The normalized spacial score (nSPS) is 17.2. The molecular formula is C17H21FN2O2S2. The standard InChI is InChI=1S/C17H21FN2O2S2/c1-13-6-7-14(18)11-17(13)24(21,22)19-12-15(16-5-4-10-23-16)20-8-2-3-9-20/h4-7,10-11,15,19H,2-3,8-9,12H2,1H3. The SMILES string of the molecule is Cc1ccc(F)cc1S(=O)(=O)NCC(c1cccs1)N1CCCC1. The molecule has 1 aromatic heterocycles. The van der Waals surface area contributed by atoms with Crippen molar-refractivity contribution in [2.75, 3.05) is 19.6 Å². The summed E-state index contributed by atoms with van der Waals surface area (Å²) in [6.07, 6.45) is 2.27. The molecule has 0 aliphatic carbocycles. The summed E-state index contributed by atoms with van der Waals surface area (Å²) in [6.45, 7) is 3.91. The van der Waals surface area contributed by atoms with E-state index in [1.165, 1.54) is 12.1 Å². The third-order valence-electron chi connectivity index (χ3n) is 4.36. The lowest BCUT2D eigenvalue weighted by molar-refractivity contribution is 0.250. The topological polar surface area (TPSA) is 49.4 Å². The molecule has 1 aliphatic heterocycles. The van der Waals surface area contributed by atoms with E-state index < -0.39 is 15.8 Å². The molecule has 2 aromatic rings. The molecule has 0 saturated carbocycles. The van der Waals surface area contributed by atoms with Gasteiger partial charge < -0.3 is 0 Å². The highest BCUT2D eigenvalue weighted by molar-refractivity contribution is 7.89. The fraction of sp³-hybridized carbons (Fsp3) is 0.412. The van der Waals surface area contributed by atoms with Crippen molar-refractivity contribution in [1.29, 1.82) is 0 Å². The quantitative estimate of drug-likeness (QED) is 0.851. The van der Waals surface area contributed by atoms with Crippen molar-refractivity contribution in [1.82, 2.24) is 9.62 Å². The fourth-order valence-corrected chi connectivity index (χ4v) is 5.23. The lowest BCUT2D eigenvalue weighted by Gasteiger charge is -2.27. The van der Waals surface area contributed by atoms with Gasteiger partial charge in [0.25, 0.3) is 0 Å². The molecule has 2 heterocycles. The Morgan fingerprint density at radius 1 is 1.29 bits per heavy atom. The van der Waals surface area contributed by atoms with Gasteiger partial charge in [-0.15, -0.1) is 11.3 Å². The van der Waals surface area contributed by atoms with E-state index in [1.807, 2.05) is 17.5 Å². The lowest BCUT2D eigenvalue weighted by Crippen LogP contribution is -2.36. The molecule has 130 valence electrons.